The number of carbonyl (C=O) groups is 2. The third-order valence-electron chi connectivity index (χ3n) is 6.14. The van der Waals surface area contributed by atoms with Crippen LogP contribution in [0.1, 0.15) is 55.4 Å². The highest BCUT2D eigenvalue weighted by atomic mass is 32.2. The number of benzene rings is 1. The van der Waals surface area contributed by atoms with Gasteiger partial charge in [-0.25, -0.2) is 28.0 Å². The van der Waals surface area contributed by atoms with Crippen molar-refractivity contribution in [3.8, 4) is 34.1 Å². The van der Waals surface area contributed by atoms with Crippen LogP contribution < -0.4 is 4.90 Å². The van der Waals surface area contributed by atoms with Crippen LogP contribution in [-0.4, -0.2) is 62.3 Å². The van der Waals surface area contributed by atoms with Gasteiger partial charge >= 0.3 is 12.2 Å². The van der Waals surface area contributed by atoms with Crippen molar-refractivity contribution in [3.05, 3.63) is 54.9 Å². The minimum Gasteiger partial charge on any atom is -0.443 e. The molecular formula is C32H34N6O7S2. The fourth-order valence-corrected chi connectivity index (χ4v) is 5.13. The van der Waals surface area contributed by atoms with Crippen LogP contribution in [-0.2, 0) is 19.3 Å². The Morgan fingerprint density at radius 2 is 1.51 bits per heavy atom. The predicted molar refractivity (Wildman–Crippen MR) is 178 cm³/mol. The molecule has 47 heavy (non-hydrogen) atoms. The van der Waals surface area contributed by atoms with Crippen molar-refractivity contribution in [1.82, 2.24) is 20.1 Å². The summed E-state index contributed by atoms with van der Waals surface area (Å²) in [6.07, 6.45) is 0.690. The number of pyridine rings is 1. The largest absolute Gasteiger partial charge is 0.443 e. The van der Waals surface area contributed by atoms with E-state index in [0.29, 0.717) is 27.5 Å². The van der Waals surface area contributed by atoms with Crippen LogP contribution in [0, 0.1) is 0 Å². The van der Waals surface area contributed by atoms with Crippen LogP contribution in [0.2, 0.25) is 0 Å². The Balaban J connectivity index is 1.89. The molecule has 0 fully saturated rings. The lowest BCUT2D eigenvalue weighted by molar-refractivity contribution is 0.0429. The molecule has 0 atom stereocenters. The fraction of sp³-hybridized carbons (Fsp3) is 0.344. The predicted octanol–water partition coefficient (Wildman–Crippen LogP) is 7.45. The first-order chi connectivity index (χ1) is 21.9. The molecule has 0 bridgehead atoms. The summed E-state index contributed by atoms with van der Waals surface area (Å²) in [5.74, 6) is -0.221. The molecule has 4 aromatic rings. The molecular weight excluding hydrogens is 645 g/mol. The molecule has 0 spiro atoms. The molecule has 3 aromatic heterocycles. The lowest BCUT2D eigenvalue weighted by atomic mass is 10.1. The summed E-state index contributed by atoms with van der Waals surface area (Å²) in [4.78, 5) is 45.2. The maximum absolute atomic E-state index is 13.5. The van der Waals surface area contributed by atoms with Gasteiger partial charge in [-0.1, -0.05) is 17.3 Å². The van der Waals surface area contributed by atoms with E-state index in [-0.39, 0.29) is 27.9 Å². The van der Waals surface area contributed by atoms with Gasteiger partial charge in [0.15, 0.2) is 27.1 Å². The van der Waals surface area contributed by atoms with Crippen LogP contribution in [0.25, 0.3) is 34.1 Å². The van der Waals surface area contributed by atoms with Crippen molar-refractivity contribution >= 4 is 50.9 Å². The molecule has 0 radical (unpaired) electrons. The van der Waals surface area contributed by atoms with E-state index >= 15 is 0 Å². The molecule has 2 amide bonds. The first-order valence-electron chi connectivity index (χ1n) is 14.4. The fourth-order valence-electron chi connectivity index (χ4n) is 3.96. The molecule has 0 N–H and O–H groups in total. The lowest BCUT2D eigenvalue weighted by Crippen LogP contribution is -2.44. The van der Waals surface area contributed by atoms with Crippen molar-refractivity contribution in [2.24, 2.45) is 4.99 Å². The van der Waals surface area contributed by atoms with E-state index in [1.54, 1.807) is 79.7 Å². The molecule has 0 saturated carbocycles. The average molecular weight is 679 g/mol. The van der Waals surface area contributed by atoms with Gasteiger partial charge in [0.2, 0.25) is 0 Å². The standard InChI is InChI=1S/C32H34N6O7S2/c1-19(2)47(41,42)22-12-9-20(10-13-22)25-17-34-28(38(29(39)43-31(3,4)5)30(40)44-32(6,7)8)27(36-25)26-15-24(37-45-26)23-14-11-21(16-33-23)35-18-46/h9-17,19H,1-8H3. The number of amides is 2. The summed E-state index contributed by atoms with van der Waals surface area (Å²) in [5, 5.41) is 5.78. The number of aliphatic imine (C=N–C) groups is 1. The zero-order valence-electron chi connectivity index (χ0n) is 27.1. The topological polar surface area (TPSA) is 167 Å². The van der Waals surface area contributed by atoms with E-state index in [1.165, 1.54) is 30.6 Å². The number of sulfone groups is 1. The zero-order valence-corrected chi connectivity index (χ0v) is 28.8. The van der Waals surface area contributed by atoms with Crippen molar-refractivity contribution in [3.63, 3.8) is 0 Å². The van der Waals surface area contributed by atoms with Gasteiger partial charge in [-0.15, -0.1) is 0 Å². The van der Waals surface area contributed by atoms with E-state index in [0.717, 1.165) is 0 Å². The summed E-state index contributed by atoms with van der Waals surface area (Å²) in [7, 11) is -3.51. The van der Waals surface area contributed by atoms with Gasteiger partial charge in [-0.3, -0.25) is 4.98 Å². The summed E-state index contributed by atoms with van der Waals surface area (Å²) in [6.45, 7) is 13.1. The monoisotopic (exact) mass is 678 g/mol. The molecule has 15 heteroatoms. The highest BCUT2D eigenvalue weighted by Crippen LogP contribution is 2.34. The number of carbonyl (C=O) groups excluding carboxylic acids is 2. The molecule has 3 heterocycles. The Hall–Kier alpha value is -4.85. The van der Waals surface area contributed by atoms with Gasteiger partial charge < -0.3 is 14.0 Å². The Morgan fingerprint density at radius 3 is 2.02 bits per heavy atom. The normalized spacial score (nSPS) is 11.9. The summed E-state index contributed by atoms with van der Waals surface area (Å²) in [5.41, 5.74) is -0.00762. The molecule has 0 saturated heterocycles. The molecule has 246 valence electrons. The van der Waals surface area contributed by atoms with Gasteiger partial charge in [0.25, 0.3) is 0 Å². The number of rotatable bonds is 7. The Labute approximate surface area is 278 Å². The molecule has 0 unspecified atom stereocenters. The number of hydrogen-bond donors (Lipinski definition) is 0. The van der Waals surface area contributed by atoms with Crippen LogP contribution in [0.4, 0.5) is 21.1 Å². The number of ether oxygens (including phenoxy) is 2. The molecule has 0 aliphatic carbocycles. The van der Waals surface area contributed by atoms with Gasteiger partial charge in [-0.05, 0) is 91.9 Å². The number of imide groups is 1. The lowest BCUT2D eigenvalue weighted by Gasteiger charge is -2.28. The summed E-state index contributed by atoms with van der Waals surface area (Å²) >= 11 is 4.64. The van der Waals surface area contributed by atoms with Crippen LogP contribution in [0.5, 0.6) is 0 Å². The molecule has 0 aliphatic rings. The quantitative estimate of drug-likeness (QED) is 0.140. The maximum Gasteiger partial charge on any atom is 0.425 e. The highest BCUT2D eigenvalue weighted by Gasteiger charge is 2.37. The summed E-state index contributed by atoms with van der Waals surface area (Å²) < 4.78 is 42.1. The number of hydrogen-bond acceptors (Lipinski definition) is 13. The van der Waals surface area contributed by atoms with E-state index in [4.69, 9.17) is 19.0 Å². The number of aromatic nitrogens is 4. The minimum atomic E-state index is -3.51. The second-order valence-corrected chi connectivity index (χ2v) is 15.2. The first-order valence-corrected chi connectivity index (χ1v) is 16.3. The van der Waals surface area contributed by atoms with Gasteiger partial charge in [0.1, 0.15) is 16.9 Å². The number of thiocarbonyl (C=S) groups is 1. The molecule has 4 rings (SSSR count). The second kappa shape index (κ2) is 13.5. The summed E-state index contributed by atoms with van der Waals surface area (Å²) in [6, 6.07) is 11.0. The van der Waals surface area contributed by atoms with Gasteiger partial charge in [0, 0.05) is 11.6 Å². The van der Waals surface area contributed by atoms with Crippen molar-refractivity contribution in [2.45, 2.75) is 76.7 Å². The molecule has 13 nitrogen and oxygen atoms in total. The Bertz CT molecular complexity index is 1910. The Kier molecular flexibility index (Phi) is 10.0. The van der Waals surface area contributed by atoms with E-state index < -0.39 is 38.5 Å². The highest BCUT2D eigenvalue weighted by molar-refractivity contribution is 7.92. The molecule has 0 aliphatic heterocycles. The first kappa shape index (κ1) is 35.0. The number of isothiocyanates is 1. The zero-order chi connectivity index (χ0) is 34.7. The number of nitrogens with zero attached hydrogens (tertiary/aromatic N) is 6. The van der Waals surface area contributed by atoms with Crippen molar-refractivity contribution in [2.75, 3.05) is 4.90 Å². The van der Waals surface area contributed by atoms with Gasteiger partial charge in [-0.2, -0.15) is 9.89 Å². The van der Waals surface area contributed by atoms with Crippen molar-refractivity contribution < 1.29 is 32.0 Å². The second-order valence-electron chi connectivity index (χ2n) is 12.5. The molecule has 1 aromatic carbocycles. The average Bonchev–Trinajstić information content (AvgIpc) is 3.46. The Morgan fingerprint density at radius 1 is 0.894 bits per heavy atom. The van der Waals surface area contributed by atoms with E-state index in [2.05, 4.69) is 37.5 Å². The van der Waals surface area contributed by atoms with Crippen LogP contribution >= 0.6 is 12.2 Å². The third kappa shape index (κ3) is 8.50. The van der Waals surface area contributed by atoms with E-state index in [9.17, 15) is 18.0 Å². The minimum absolute atomic E-state index is 0.0308. The SMILES string of the molecule is CC(C)S(=O)(=O)c1ccc(-c2cnc(N(C(=O)OC(C)(C)C)C(=O)OC(C)(C)C)c(-c3cc(-c4ccc(N=C=S)cn4)no3)n2)cc1. The van der Waals surface area contributed by atoms with Crippen LogP contribution in [0.3, 0.4) is 0 Å². The third-order valence-corrected chi connectivity index (χ3v) is 8.41. The smallest absolute Gasteiger partial charge is 0.425 e. The van der Waals surface area contributed by atoms with E-state index in [1.807, 2.05) is 0 Å². The van der Waals surface area contributed by atoms with Gasteiger partial charge in [0.05, 0.1) is 44.8 Å². The van der Waals surface area contributed by atoms with Crippen molar-refractivity contribution in [1.29, 1.82) is 0 Å². The van der Waals surface area contributed by atoms with Crippen LogP contribution in [0.15, 0.2) is 69.3 Å². The maximum atomic E-state index is 13.5. The number of anilines is 1.